The fourth-order valence-corrected chi connectivity index (χ4v) is 8.11. The Morgan fingerprint density at radius 2 is 1.85 bits per heavy atom. The smallest absolute Gasteiger partial charge is 0.227 e. The van der Waals surface area contributed by atoms with E-state index < -0.39 is 20.0 Å². The van der Waals surface area contributed by atoms with E-state index in [1.807, 2.05) is 23.4 Å². The highest BCUT2D eigenvalue weighted by Crippen LogP contribution is 2.35. The summed E-state index contributed by atoms with van der Waals surface area (Å²) < 4.78 is 50.5. The molecule has 0 radical (unpaired) electrons. The van der Waals surface area contributed by atoms with Gasteiger partial charge in [0.2, 0.25) is 20.0 Å². The third-order valence-electron chi connectivity index (χ3n) is 7.04. The summed E-state index contributed by atoms with van der Waals surface area (Å²) in [5.74, 6) is -0.129. The fourth-order valence-electron chi connectivity index (χ4n) is 5.45. The van der Waals surface area contributed by atoms with Gasteiger partial charge < -0.3 is 4.98 Å². The molecule has 0 bridgehead atoms. The molecular formula is C22H30N6O4S2. The number of likely N-dealkylation sites (tertiary alicyclic amines) is 1. The van der Waals surface area contributed by atoms with Crippen LogP contribution in [-0.4, -0.2) is 78.8 Å². The number of hydrogen-bond acceptors (Lipinski definition) is 7. The van der Waals surface area contributed by atoms with Crippen molar-refractivity contribution in [2.75, 3.05) is 37.8 Å². The molecule has 12 heteroatoms. The van der Waals surface area contributed by atoms with Crippen LogP contribution in [0.15, 0.2) is 30.7 Å². The molecule has 2 fully saturated rings. The van der Waals surface area contributed by atoms with Crippen molar-refractivity contribution in [3.05, 3.63) is 36.3 Å². The second-order valence-electron chi connectivity index (χ2n) is 9.49. The number of nitrogens with two attached hydrogens (primary N) is 1. The first-order valence-electron chi connectivity index (χ1n) is 11.6. The normalized spacial score (nSPS) is 22.0. The zero-order chi connectivity index (χ0) is 23.9. The van der Waals surface area contributed by atoms with Crippen molar-refractivity contribution in [2.45, 2.75) is 31.6 Å². The van der Waals surface area contributed by atoms with Crippen LogP contribution in [0.5, 0.6) is 0 Å². The van der Waals surface area contributed by atoms with Gasteiger partial charge in [0.05, 0.1) is 17.5 Å². The van der Waals surface area contributed by atoms with Crippen molar-refractivity contribution in [1.82, 2.24) is 24.2 Å². The summed E-state index contributed by atoms with van der Waals surface area (Å²) in [5.41, 5.74) is 2.96. The lowest BCUT2D eigenvalue weighted by molar-refractivity contribution is 0.229. The number of H-pyrrole nitrogens is 1. The maximum Gasteiger partial charge on any atom is 0.227 e. The summed E-state index contributed by atoms with van der Waals surface area (Å²) in [6.45, 7) is 2.03. The van der Waals surface area contributed by atoms with Gasteiger partial charge in [-0.15, -0.1) is 0 Å². The van der Waals surface area contributed by atoms with E-state index in [4.69, 9.17) is 5.14 Å². The van der Waals surface area contributed by atoms with E-state index in [9.17, 15) is 16.8 Å². The Morgan fingerprint density at radius 3 is 2.62 bits per heavy atom. The highest BCUT2D eigenvalue weighted by atomic mass is 32.2. The molecule has 3 N–H and O–H groups in total. The lowest BCUT2D eigenvalue weighted by atomic mass is 9.87. The van der Waals surface area contributed by atoms with Gasteiger partial charge in [-0.05, 0) is 68.3 Å². The molecule has 0 amide bonds. The number of aromatic nitrogens is 3. The van der Waals surface area contributed by atoms with Gasteiger partial charge in [0, 0.05) is 36.3 Å². The molecule has 2 aliphatic rings. The van der Waals surface area contributed by atoms with Crippen LogP contribution < -0.4 is 5.14 Å². The van der Waals surface area contributed by atoms with Gasteiger partial charge in [-0.3, -0.25) is 4.90 Å². The molecule has 1 atom stereocenters. The van der Waals surface area contributed by atoms with Crippen LogP contribution >= 0.6 is 0 Å². The van der Waals surface area contributed by atoms with E-state index >= 15 is 0 Å². The Bertz CT molecular complexity index is 1400. The molecule has 0 spiro atoms. The van der Waals surface area contributed by atoms with Crippen LogP contribution in [0.4, 0.5) is 0 Å². The van der Waals surface area contributed by atoms with E-state index in [1.54, 1.807) is 6.20 Å². The zero-order valence-corrected chi connectivity index (χ0v) is 20.6. The predicted octanol–water partition coefficient (Wildman–Crippen LogP) is 1.58. The van der Waals surface area contributed by atoms with Crippen molar-refractivity contribution in [3.8, 4) is 0 Å². The monoisotopic (exact) mass is 506 g/mol. The van der Waals surface area contributed by atoms with Crippen LogP contribution in [-0.2, 0) is 20.0 Å². The number of pyridine rings is 2. The molecule has 0 aliphatic carbocycles. The predicted molar refractivity (Wildman–Crippen MR) is 131 cm³/mol. The number of primary sulfonamides is 1. The number of nitrogens with one attached hydrogen (secondary N) is 1. The average molecular weight is 507 g/mol. The minimum atomic E-state index is -3.62. The van der Waals surface area contributed by atoms with Gasteiger partial charge >= 0.3 is 0 Å². The Kier molecular flexibility index (Phi) is 6.36. The molecule has 5 rings (SSSR count). The Balaban J connectivity index is 1.26. The summed E-state index contributed by atoms with van der Waals surface area (Å²) in [5, 5.41) is 7.36. The highest BCUT2D eigenvalue weighted by molar-refractivity contribution is 7.89. The van der Waals surface area contributed by atoms with Crippen molar-refractivity contribution in [2.24, 2.45) is 11.1 Å². The number of hydrogen-bond donors (Lipinski definition) is 2. The molecule has 0 saturated carbocycles. The molecule has 2 aliphatic heterocycles. The Morgan fingerprint density at radius 1 is 1.06 bits per heavy atom. The molecule has 10 nitrogen and oxygen atoms in total. The van der Waals surface area contributed by atoms with Crippen LogP contribution in [0.1, 0.15) is 37.2 Å². The van der Waals surface area contributed by atoms with Crippen molar-refractivity contribution >= 4 is 42.0 Å². The zero-order valence-electron chi connectivity index (χ0n) is 18.9. The molecule has 5 heterocycles. The topological polar surface area (TPSA) is 142 Å². The number of nitrogens with zero attached hydrogens (tertiary/aromatic N) is 4. The summed E-state index contributed by atoms with van der Waals surface area (Å²) in [7, 11) is -7.13. The molecule has 3 aromatic rings. The van der Waals surface area contributed by atoms with E-state index in [-0.39, 0.29) is 24.1 Å². The quantitative estimate of drug-likeness (QED) is 0.517. The molecule has 2 saturated heterocycles. The molecular weight excluding hydrogens is 476 g/mol. The van der Waals surface area contributed by atoms with E-state index in [0.717, 1.165) is 34.8 Å². The molecule has 184 valence electrons. The van der Waals surface area contributed by atoms with Crippen LogP contribution in [0.2, 0.25) is 0 Å². The first-order valence-corrected chi connectivity index (χ1v) is 14.9. The van der Waals surface area contributed by atoms with Gasteiger partial charge in [0.1, 0.15) is 5.88 Å². The van der Waals surface area contributed by atoms with E-state index in [0.29, 0.717) is 38.4 Å². The molecule has 1 unspecified atom stereocenters. The summed E-state index contributed by atoms with van der Waals surface area (Å²) in [6, 6.07) is 4.11. The maximum absolute atomic E-state index is 13.1. The standard InChI is InChI=1S/C22H30N6O4S2/c23-33(29,30)14-16-2-1-9-28(13-16)34(31,32)15-27-10-5-17(6-11-27)18-3-7-24-20-12-26-22-19(21(18)20)4-8-25-22/h3-4,7-8,12,16-17,24H,1-2,5-6,9-11,13-15H2,(H2,23,29,30). The van der Waals surface area contributed by atoms with Crippen molar-refractivity contribution in [1.29, 1.82) is 0 Å². The number of aromatic amines is 1. The summed E-state index contributed by atoms with van der Waals surface area (Å²) >= 11 is 0. The maximum atomic E-state index is 13.1. The third kappa shape index (κ3) is 4.96. The largest absolute Gasteiger partial charge is 0.360 e. The van der Waals surface area contributed by atoms with Crippen LogP contribution in [0.3, 0.4) is 0 Å². The van der Waals surface area contributed by atoms with Gasteiger partial charge in [-0.25, -0.2) is 36.2 Å². The van der Waals surface area contributed by atoms with Crippen LogP contribution in [0, 0.1) is 5.92 Å². The molecule has 34 heavy (non-hydrogen) atoms. The van der Waals surface area contributed by atoms with Crippen LogP contribution in [0.25, 0.3) is 21.9 Å². The first kappa shape index (κ1) is 23.6. The van der Waals surface area contributed by atoms with Gasteiger partial charge in [0.15, 0.2) is 5.65 Å². The second-order valence-corrected chi connectivity index (χ2v) is 13.1. The minimum Gasteiger partial charge on any atom is -0.360 e. The van der Waals surface area contributed by atoms with Gasteiger partial charge in [0.25, 0.3) is 0 Å². The highest BCUT2D eigenvalue weighted by Gasteiger charge is 2.33. The van der Waals surface area contributed by atoms with E-state index in [2.05, 4.69) is 21.0 Å². The van der Waals surface area contributed by atoms with Crippen molar-refractivity contribution in [3.63, 3.8) is 0 Å². The fraction of sp³-hybridized carbons (Fsp3) is 0.545. The molecule has 3 aromatic heterocycles. The van der Waals surface area contributed by atoms with Gasteiger partial charge in [-0.2, -0.15) is 0 Å². The Hall–Kier alpha value is -2.12. The second kappa shape index (κ2) is 9.15. The Labute approximate surface area is 199 Å². The number of rotatable bonds is 6. The number of piperidine rings is 2. The van der Waals surface area contributed by atoms with Gasteiger partial charge in [-0.1, -0.05) is 0 Å². The summed E-state index contributed by atoms with van der Waals surface area (Å²) in [6.07, 6.45) is 8.58. The average Bonchev–Trinajstić information content (AvgIpc) is 3.27. The van der Waals surface area contributed by atoms with Crippen molar-refractivity contribution < 1.29 is 16.8 Å². The minimum absolute atomic E-state index is 0.0356. The lowest BCUT2D eigenvalue weighted by Crippen LogP contribution is -2.47. The SMILES string of the molecule is NS(=O)(=O)CC1CCCN(S(=O)(=O)CN2CCC(c3cc[nH]c4cnc5nccc5c34)CC2)C1. The number of sulfonamides is 2. The third-order valence-corrected chi connectivity index (χ3v) is 9.79. The lowest BCUT2D eigenvalue weighted by Gasteiger charge is -2.36. The van der Waals surface area contributed by atoms with E-state index in [1.165, 1.54) is 9.87 Å². The molecule has 0 aromatic carbocycles. The number of fused-ring (bicyclic) bond motifs is 3. The first-order chi connectivity index (χ1) is 16.2. The summed E-state index contributed by atoms with van der Waals surface area (Å²) in [4.78, 5) is 14.0.